The van der Waals surface area contributed by atoms with Crippen molar-refractivity contribution < 1.29 is 8.83 Å². The van der Waals surface area contributed by atoms with Crippen LogP contribution >= 0.6 is 11.3 Å². The molecule has 12 aromatic rings. The van der Waals surface area contributed by atoms with Crippen molar-refractivity contribution in [2.24, 2.45) is 0 Å². The first-order chi connectivity index (χ1) is 28.2. The summed E-state index contributed by atoms with van der Waals surface area (Å²) >= 11 is 1.85. The van der Waals surface area contributed by atoms with E-state index >= 15 is 0 Å². The van der Waals surface area contributed by atoms with Crippen LogP contribution in [-0.4, -0.2) is 15.0 Å². The molecule has 4 aromatic heterocycles. The molecule has 0 fully saturated rings. The monoisotopic (exact) mass is 747 g/mol. The minimum absolute atomic E-state index is 0.536. The molecule has 266 valence electrons. The lowest BCUT2D eigenvalue weighted by Crippen LogP contribution is -2.00. The lowest BCUT2D eigenvalue weighted by atomic mass is 9.96. The third-order valence-electron chi connectivity index (χ3n) is 11.0. The largest absolute Gasteiger partial charge is 0.456 e. The van der Waals surface area contributed by atoms with Crippen molar-refractivity contribution in [2.45, 2.75) is 0 Å². The summed E-state index contributed by atoms with van der Waals surface area (Å²) in [6.45, 7) is 0. The Bertz CT molecular complexity index is 3540. The molecule has 0 spiro atoms. The molecular weight excluding hydrogens is 719 g/mol. The predicted molar refractivity (Wildman–Crippen MR) is 234 cm³/mol. The number of benzene rings is 8. The molecule has 0 aliphatic heterocycles. The summed E-state index contributed by atoms with van der Waals surface area (Å²) in [6.07, 6.45) is 0. The van der Waals surface area contributed by atoms with Crippen LogP contribution in [0, 0.1) is 0 Å². The minimum atomic E-state index is 0.536. The van der Waals surface area contributed by atoms with E-state index in [4.69, 9.17) is 23.8 Å². The Morgan fingerprint density at radius 1 is 0.333 bits per heavy atom. The van der Waals surface area contributed by atoms with Crippen LogP contribution in [0.5, 0.6) is 0 Å². The average molecular weight is 748 g/mol. The summed E-state index contributed by atoms with van der Waals surface area (Å²) in [5.74, 6) is 1.67. The van der Waals surface area contributed by atoms with Gasteiger partial charge in [0.2, 0.25) is 0 Å². The van der Waals surface area contributed by atoms with Crippen LogP contribution in [0.15, 0.2) is 185 Å². The van der Waals surface area contributed by atoms with Crippen molar-refractivity contribution in [2.75, 3.05) is 0 Å². The second-order valence-corrected chi connectivity index (χ2v) is 15.4. The summed E-state index contributed by atoms with van der Waals surface area (Å²) in [4.78, 5) is 15.6. The number of aromatic nitrogens is 3. The van der Waals surface area contributed by atoms with Gasteiger partial charge in [-0.15, -0.1) is 11.3 Å². The predicted octanol–water partition coefficient (Wildman–Crippen LogP) is 14.4. The fourth-order valence-corrected chi connectivity index (χ4v) is 9.46. The number of hydrogen-bond acceptors (Lipinski definition) is 6. The minimum Gasteiger partial charge on any atom is -0.456 e. The molecule has 0 saturated heterocycles. The summed E-state index contributed by atoms with van der Waals surface area (Å²) < 4.78 is 15.4. The smallest absolute Gasteiger partial charge is 0.167 e. The Hall–Kier alpha value is -7.41. The summed E-state index contributed by atoms with van der Waals surface area (Å²) in [5, 5.41) is 6.67. The van der Waals surface area contributed by atoms with E-state index in [2.05, 4.69) is 115 Å². The van der Waals surface area contributed by atoms with Crippen molar-refractivity contribution in [3.63, 3.8) is 0 Å². The molecule has 0 N–H and O–H groups in total. The molecule has 8 aromatic carbocycles. The molecule has 4 heterocycles. The topological polar surface area (TPSA) is 65.0 Å². The highest BCUT2D eigenvalue weighted by Gasteiger charge is 2.21. The van der Waals surface area contributed by atoms with Gasteiger partial charge in [-0.1, -0.05) is 133 Å². The van der Waals surface area contributed by atoms with Crippen molar-refractivity contribution in [3.8, 4) is 56.4 Å². The van der Waals surface area contributed by atoms with Crippen LogP contribution in [0.2, 0.25) is 0 Å². The number of hydrogen-bond donors (Lipinski definition) is 0. The van der Waals surface area contributed by atoms with Crippen LogP contribution in [0.4, 0.5) is 0 Å². The standard InChI is InChI=1S/C51H29N3O2S/c1-4-20-41-35(13-1)36-17-8-19-40(48(36)56-41)51-53-49(52-50(54-51)39-18-9-22-43-46(39)37-14-2-5-21-42(37)55-43)33-12-7-11-32(29-33)30-25-27-31(28-26-30)34-16-10-24-45-47(34)38-15-3-6-23-44(38)57-45/h1-29H. The number of fused-ring (bicyclic) bond motifs is 9. The quantitative estimate of drug-likeness (QED) is 0.175. The number of para-hydroxylation sites is 3. The second-order valence-electron chi connectivity index (χ2n) is 14.3. The van der Waals surface area contributed by atoms with Gasteiger partial charge < -0.3 is 8.83 Å². The van der Waals surface area contributed by atoms with E-state index in [1.807, 2.05) is 72.0 Å². The highest BCUT2D eigenvalue weighted by molar-refractivity contribution is 7.25. The van der Waals surface area contributed by atoms with Gasteiger partial charge in [0.25, 0.3) is 0 Å². The van der Waals surface area contributed by atoms with Crippen LogP contribution in [0.1, 0.15) is 0 Å². The van der Waals surface area contributed by atoms with Gasteiger partial charge in [0, 0.05) is 52.8 Å². The molecule has 6 heteroatoms. The van der Waals surface area contributed by atoms with E-state index < -0.39 is 0 Å². The van der Waals surface area contributed by atoms with Gasteiger partial charge in [-0.3, -0.25) is 0 Å². The molecule has 0 bridgehead atoms. The van der Waals surface area contributed by atoms with E-state index in [9.17, 15) is 0 Å². The number of nitrogens with zero attached hydrogens (tertiary/aromatic N) is 3. The van der Waals surface area contributed by atoms with Gasteiger partial charge in [-0.25, -0.2) is 15.0 Å². The van der Waals surface area contributed by atoms with E-state index in [0.29, 0.717) is 17.5 Å². The molecular formula is C51H29N3O2S. The van der Waals surface area contributed by atoms with Crippen LogP contribution in [0.3, 0.4) is 0 Å². The Morgan fingerprint density at radius 3 is 1.79 bits per heavy atom. The molecule has 57 heavy (non-hydrogen) atoms. The number of thiophene rings is 1. The fraction of sp³-hybridized carbons (Fsp3) is 0. The average Bonchev–Trinajstić information content (AvgIpc) is 3.98. The molecule has 12 rings (SSSR count). The molecule has 0 atom stereocenters. The highest BCUT2D eigenvalue weighted by Crippen LogP contribution is 2.42. The molecule has 0 unspecified atom stereocenters. The zero-order valence-corrected chi connectivity index (χ0v) is 31.1. The highest BCUT2D eigenvalue weighted by atomic mass is 32.1. The molecule has 5 nitrogen and oxygen atoms in total. The first-order valence-electron chi connectivity index (χ1n) is 18.9. The van der Waals surface area contributed by atoms with E-state index in [1.54, 1.807) is 0 Å². The molecule has 0 radical (unpaired) electrons. The Morgan fingerprint density at radius 2 is 0.912 bits per heavy atom. The van der Waals surface area contributed by atoms with E-state index in [-0.39, 0.29) is 0 Å². The summed E-state index contributed by atoms with van der Waals surface area (Å²) in [5.41, 5.74) is 10.4. The van der Waals surface area contributed by atoms with Crippen LogP contribution in [-0.2, 0) is 0 Å². The Labute approximate surface area is 330 Å². The third-order valence-corrected chi connectivity index (χ3v) is 12.1. The fourth-order valence-electron chi connectivity index (χ4n) is 8.33. The molecule has 0 saturated carbocycles. The summed E-state index contributed by atoms with van der Waals surface area (Å²) in [6, 6.07) is 61.0. The van der Waals surface area contributed by atoms with Gasteiger partial charge in [-0.2, -0.15) is 0 Å². The molecule has 0 aliphatic carbocycles. The van der Waals surface area contributed by atoms with Crippen LogP contribution < -0.4 is 0 Å². The SMILES string of the molecule is c1cc(-c2ccc(-c3cccc4sc5ccccc5c34)cc2)cc(-c2nc(-c3cccc4c3oc3ccccc34)nc(-c3cccc4oc5ccccc5c34)n2)c1. The maximum Gasteiger partial charge on any atom is 0.167 e. The maximum atomic E-state index is 6.49. The van der Waals surface area contributed by atoms with Gasteiger partial charge in [0.1, 0.15) is 22.3 Å². The summed E-state index contributed by atoms with van der Waals surface area (Å²) in [7, 11) is 0. The lowest BCUT2D eigenvalue weighted by Gasteiger charge is -2.11. The first-order valence-corrected chi connectivity index (χ1v) is 19.7. The van der Waals surface area contributed by atoms with Gasteiger partial charge >= 0.3 is 0 Å². The van der Waals surface area contributed by atoms with Crippen molar-refractivity contribution >= 4 is 75.4 Å². The Kier molecular flexibility index (Phi) is 7.03. The van der Waals surface area contributed by atoms with Crippen LogP contribution in [0.25, 0.3) is 120 Å². The molecule has 0 amide bonds. The van der Waals surface area contributed by atoms with Gasteiger partial charge in [0.05, 0.1) is 5.56 Å². The number of rotatable bonds is 5. The van der Waals surface area contributed by atoms with Crippen molar-refractivity contribution in [3.05, 3.63) is 176 Å². The lowest BCUT2D eigenvalue weighted by molar-refractivity contribution is 0.668. The molecule has 0 aliphatic rings. The maximum absolute atomic E-state index is 6.49. The second kappa shape index (κ2) is 12.6. The normalized spacial score (nSPS) is 11.9. The van der Waals surface area contributed by atoms with E-state index in [1.165, 1.54) is 31.3 Å². The van der Waals surface area contributed by atoms with Gasteiger partial charge in [0.15, 0.2) is 17.5 Å². The first kappa shape index (κ1) is 31.9. The number of furan rings is 2. The Balaban J connectivity index is 1.01. The zero-order valence-electron chi connectivity index (χ0n) is 30.3. The van der Waals surface area contributed by atoms with E-state index in [0.717, 1.165) is 71.7 Å². The van der Waals surface area contributed by atoms with Crippen molar-refractivity contribution in [1.29, 1.82) is 0 Å². The van der Waals surface area contributed by atoms with Gasteiger partial charge in [-0.05, 0) is 64.7 Å². The zero-order chi connectivity index (χ0) is 37.5. The van der Waals surface area contributed by atoms with Crippen molar-refractivity contribution in [1.82, 2.24) is 15.0 Å². The third kappa shape index (κ3) is 5.12.